The first kappa shape index (κ1) is 13.7. The third kappa shape index (κ3) is 4.19. The van der Waals surface area contributed by atoms with E-state index in [1.165, 1.54) is 6.92 Å². The van der Waals surface area contributed by atoms with Gasteiger partial charge in [-0.1, -0.05) is 0 Å². The fourth-order valence-electron chi connectivity index (χ4n) is 0.785. The number of hydrogen-bond donors (Lipinski definition) is 3. The second-order valence-electron chi connectivity index (χ2n) is 2.40. The molecule has 0 saturated heterocycles. The molecule has 0 amide bonds. The fourth-order valence-corrected chi connectivity index (χ4v) is 1.01. The maximum Gasteiger partial charge on any atom is 0.477 e. The molecule has 2 rings (SSSR count). The van der Waals surface area contributed by atoms with Crippen LogP contribution < -0.4 is 0 Å². The molecular formula is C7H10CoN4O2S+2. The van der Waals surface area contributed by atoms with Gasteiger partial charge in [0.05, 0.1) is 19.6 Å². The van der Waals surface area contributed by atoms with E-state index < -0.39 is 5.97 Å². The summed E-state index contributed by atoms with van der Waals surface area (Å²) in [7, 11) is 0. The van der Waals surface area contributed by atoms with Crippen LogP contribution in [-0.4, -0.2) is 35.8 Å². The number of hydrogen-bond acceptors (Lipinski definition) is 2. The molecule has 0 spiro atoms. The number of nitrogens with one attached hydrogen (secondary N) is 2. The molecule has 0 aliphatic rings. The van der Waals surface area contributed by atoms with Crippen molar-refractivity contribution >= 4 is 29.4 Å². The molecule has 0 aliphatic heterocycles. The zero-order chi connectivity index (χ0) is 10.6. The molecule has 0 atom stereocenters. The van der Waals surface area contributed by atoms with Crippen molar-refractivity contribution in [3.63, 3.8) is 0 Å². The summed E-state index contributed by atoms with van der Waals surface area (Å²) in [5, 5.41) is 7.53. The third-order valence-corrected chi connectivity index (χ3v) is 1.58. The van der Waals surface area contributed by atoms with Crippen molar-refractivity contribution in [2.45, 2.75) is 6.92 Å². The second-order valence-corrected chi connectivity index (χ2v) is 2.85. The molecule has 1 radical (unpaired) electrons. The Hall–Kier alpha value is -1.25. The van der Waals surface area contributed by atoms with Crippen LogP contribution in [0.3, 0.4) is 0 Å². The number of aliphatic hydroxyl groups excluding tert-OH is 1. The molecule has 6 nitrogen and oxygen atoms in total. The molecule has 0 aromatic carbocycles. The van der Waals surface area contributed by atoms with Crippen LogP contribution in [0.1, 0.15) is 6.92 Å². The molecule has 2 aromatic heterocycles. The second kappa shape index (κ2) is 6.27. The van der Waals surface area contributed by atoms with Crippen LogP contribution in [0, 0.1) is 4.64 Å². The van der Waals surface area contributed by atoms with E-state index in [0.717, 1.165) is 15.8 Å². The molecular weight excluding hydrogens is 263 g/mol. The number of carboxylic acids is 1. The van der Waals surface area contributed by atoms with Crippen molar-refractivity contribution in [2.24, 2.45) is 0 Å². The summed E-state index contributed by atoms with van der Waals surface area (Å²) in [4.78, 5) is 21.2. The quantitative estimate of drug-likeness (QED) is 0.362. The summed E-state index contributed by atoms with van der Waals surface area (Å²) < 4.78 is 0.728. The van der Waals surface area contributed by atoms with Crippen molar-refractivity contribution < 1.29 is 26.7 Å². The van der Waals surface area contributed by atoms with Gasteiger partial charge in [-0.25, -0.2) is 9.97 Å². The summed E-state index contributed by atoms with van der Waals surface area (Å²) in [6, 6.07) is 0. The molecule has 0 aliphatic carbocycles. The molecule has 15 heavy (non-hydrogen) atoms. The Labute approximate surface area is 100 Å². The Morgan fingerprint density at radius 2 is 1.93 bits per heavy atom. The zero-order valence-corrected chi connectivity index (χ0v) is 9.66. The fraction of sp³-hybridized carbons (Fsp3) is 0.143. The van der Waals surface area contributed by atoms with Crippen molar-refractivity contribution in [1.29, 1.82) is 0 Å². The summed E-state index contributed by atoms with van der Waals surface area (Å²) in [6.07, 6.45) is 3.16. The van der Waals surface area contributed by atoms with E-state index in [0.29, 0.717) is 0 Å². The number of fused-ring (bicyclic) bond motifs is 1. The van der Waals surface area contributed by atoms with E-state index in [1.807, 2.05) is 0 Å². The van der Waals surface area contributed by atoms with E-state index in [9.17, 15) is 0 Å². The number of H-pyrrole nitrogens is 2. The Balaban J connectivity index is 0.000000346. The largest absolute Gasteiger partial charge is 0.477 e. The summed E-state index contributed by atoms with van der Waals surface area (Å²) >= 11 is 4.14. The SMILES string of the molecule is CC(O)=[OH+].[Co].[SH+]=c1[nH]cnc2[nH]cnc12. The van der Waals surface area contributed by atoms with Crippen molar-refractivity contribution in [2.75, 3.05) is 0 Å². The van der Waals surface area contributed by atoms with Gasteiger partial charge in [0.15, 0.2) is 23.4 Å². The molecule has 2 aromatic rings. The Morgan fingerprint density at radius 1 is 1.40 bits per heavy atom. The third-order valence-electron chi connectivity index (χ3n) is 1.24. The van der Waals surface area contributed by atoms with Crippen LogP contribution >= 0.6 is 0 Å². The van der Waals surface area contributed by atoms with Crippen LogP contribution in [-0.2, 0) is 29.0 Å². The van der Waals surface area contributed by atoms with Crippen molar-refractivity contribution in [3.8, 4) is 0 Å². The van der Waals surface area contributed by atoms with Gasteiger partial charge < -0.3 is 14.9 Å². The van der Waals surface area contributed by atoms with Crippen LogP contribution in [0.2, 0.25) is 0 Å². The number of carboxylic acid groups (broad SMARTS) is 1. The smallest absolute Gasteiger partial charge is 0.339 e. The number of aromatic nitrogens is 4. The van der Waals surface area contributed by atoms with E-state index >= 15 is 0 Å². The number of nitrogens with zero attached hydrogens (tertiary/aromatic N) is 2. The number of imidazole rings is 1. The van der Waals surface area contributed by atoms with Gasteiger partial charge >= 0.3 is 10.6 Å². The van der Waals surface area contributed by atoms with E-state index in [1.54, 1.807) is 12.7 Å². The first-order chi connectivity index (χ1) is 6.61. The van der Waals surface area contributed by atoms with E-state index in [4.69, 9.17) is 9.90 Å². The molecule has 0 saturated carbocycles. The Bertz CT molecular complexity index is 491. The van der Waals surface area contributed by atoms with E-state index in [-0.39, 0.29) is 16.8 Å². The standard InChI is InChI=1S/C5H4N4S.C2H4O2.Co/c10-5-3-4(7-1-6-3)8-2-9-5;1-2(3)4;/h1-2H,(H2,6,7,8,9,10);1H3,(H,3,4);/p+2. The zero-order valence-electron chi connectivity index (χ0n) is 7.72. The minimum atomic E-state index is -0.583. The van der Waals surface area contributed by atoms with Crippen molar-refractivity contribution in [1.82, 2.24) is 19.9 Å². The molecule has 8 heteroatoms. The number of thiol groups is 1. The van der Waals surface area contributed by atoms with Crippen LogP contribution in [0.15, 0.2) is 12.7 Å². The van der Waals surface area contributed by atoms with Gasteiger partial charge in [0.25, 0.3) is 0 Å². The van der Waals surface area contributed by atoms with Crippen molar-refractivity contribution in [3.05, 3.63) is 17.3 Å². The predicted octanol–water partition coefficient (Wildman–Crippen LogP) is 0.161. The Kier molecular flexibility index (Phi) is 5.75. The number of rotatable bonds is 0. The first-order valence-electron chi connectivity index (χ1n) is 3.71. The summed E-state index contributed by atoms with van der Waals surface area (Å²) in [6.45, 7) is 1.19. The maximum absolute atomic E-state index is 7.53. The summed E-state index contributed by atoms with van der Waals surface area (Å²) in [5.41, 5.74) is 1.52. The number of aromatic amines is 2. The van der Waals surface area contributed by atoms with Gasteiger partial charge in [0.1, 0.15) is 0 Å². The molecule has 0 unspecified atom stereocenters. The minimum absolute atomic E-state index is 0. The molecule has 83 valence electrons. The molecule has 0 fully saturated rings. The summed E-state index contributed by atoms with van der Waals surface area (Å²) in [5.74, 6) is -0.583. The minimum Gasteiger partial charge on any atom is -0.339 e. The van der Waals surface area contributed by atoms with Crippen LogP contribution in [0.5, 0.6) is 0 Å². The molecule has 4 N–H and O–H groups in total. The Morgan fingerprint density at radius 3 is 2.47 bits per heavy atom. The predicted molar refractivity (Wildman–Crippen MR) is 55.5 cm³/mol. The average Bonchev–Trinajstić information content (AvgIpc) is 2.52. The van der Waals surface area contributed by atoms with Gasteiger partial charge in [0, 0.05) is 16.8 Å². The van der Waals surface area contributed by atoms with Gasteiger partial charge in [-0.2, -0.15) is 0 Å². The van der Waals surface area contributed by atoms with Crippen LogP contribution in [0.4, 0.5) is 0 Å². The topological polar surface area (TPSA) is 99.0 Å². The molecule has 2 heterocycles. The maximum atomic E-state index is 7.53. The monoisotopic (exact) mass is 273 g/mol. The van der Waals surface area contributed by atoms with Gasteiger partial charge in [0.2, 0.25) is 0 Å². The number of aliphatic carboxylic acids is 1. The first-order valence-corrected chi connectivity index (χ1v) is 4.16. The molecule has 0 bridgehead atoms. The van der Waals surface area contributed by atoms with E-state index in [2.05, 4.69) is 32.2 Å². The van der Waals surface area contributed by atoms with Gasteiger partial charge in [-0.15, -0.1) is 0 Å². The van der Waals surface area contributed by atoms with Gasteiger partial charge in [-0.05, 0) is 0 Å². The van der Waals surface area contributed by atoms with Gasteiger partial charge in [-0.3, -0.25) is 4.98 Å². The normalized spacial score (nSPS) is 8.60. The average molecular weight is 273 g/mol. The van der Waals surface area contributed by atoms with Crippen LogP contribution in [0.25, 0.3) is 11.2 Å².